The summed E-state index contributed by atoms with van der Waals surface area (Å²) in [5, 5.41) is 0. The zero-order chi connectivity index (χ0) is 17.3. The number of ketones is 1. The Kier molecular flexibility index (Phi) is 6.76. The van der Waals surface area contributed by atoms with E-state index >= 15 is 0 Å². The zero-order valence-corrected chi connectivity index (χ0v) is 14.8. The smallest absolute Gasteiger partial charge is 0.169 e. The Balaban J connectivity index is 0.00000225. The molecule has 2 saturated carbocycles. The maximum Gasteiger partial charge on any atom is 0.169 e. The van der Waals surface area contributed by atoms with Gasteiger partial charge in [-0.1, -0.05) is 33.3 Å². The van der Waals surface area contributed by atoms with Crippen LogP contribution in [0.15, 0.2) is 12.1 Å². The molecule has 0 radical (unpaired) electrons. The summed E-state index contributed by atoms with van der Waals surface area (Å²) in [6.07, 6.45) is 9.07. The fourth-order valence-electron chi connectivity index (χ4n) is 4.67. The minimum Gasteiger partial charge on any atom is -0.294 e. The molecule has 0 atom stereocenters. The van der Waals surface area contributed by atoms with Crippen molar-refractivity contribution in [3.05, 3.63) is 34.9 Å². The Morgan fingerprint density at radius 2 is 1.44 bits per heavy atom. The highest BCUT2D eigenvalue weighted by Gasteiger charge is 2.33. The third-order valence-electron chi connectivity index (χ3n) is 6.41. The van der Waals surface area contributed by atoms with E-state index in [0.717, 1.165) is 43.4 Å². The van der Waals surface area contributed by atoms with Gasteiger partial charge in [-0.3, -0.25) is 4.79 Å². The van der Waals surface area contributed by atoms with Crippen LogP contribution in [0.4, 0.5) is 8.78 Å². The summed E-state index contributed by atoms with van der Waals surface area (Å²) < 4.78 is 27.8. The first-order chi connectivity index (χ1) is 11.5. The number of aryl methyl sites for hydroxylation is 1. The van der Waals surface area contributed by atoms with Gasteiger partial charge in [0.25, 0.3) is 0 Å². The van der Waals surface area contributed by atoms with Crippen LogP contribution in [0.3, 0.4) is 0 Å². The SMILES string of the molecule is C.Cc1ccc(C(=O)C2CCC(C3CCC(C)CC3)CC2)c(F)c1F.[HH].[HH]. The molecule has 1 aromatic rings. The molecular weight excluding hydrogens is 318 g/mol. The maximum atomic E-state index is 14.1. The van der Waals surface area contributed by atoms with Crippen LogP contribution in [0.5, 0.6) is 0 Å². The Morgan fingerprint density at radius 3 is 2.00 bits per heavy atom. The zero-order valence-electron chi connectivity index (χ0n) is 14.8. The minimum absolute atomic E-state index is 0. The number of Topliss-reactive ketones (excluding diaryl/α,β-unsaturated/α-hetero) is 1. The number of benzene rings is 1. The van der Waals surface area contributed by atoms with Crippen molar-refractivity contribution in [1.82, 2.24) is 0 Å². The highest BCUT2D eigenvalue weighted by Crippen LogP contribution is 2.42. The first-order valence-corrected chi connectivity index (χ1v) is 9.46. The Morgan fingerprint density at radius 1 is 0.920 bits per heavy atom. The normalized spacial score (nSPS) is 29.8. The fraction of sp³-hybridized carbons (Fsp3) is 0.682. The molecule has 144 valence electrons. The third-order valence-corrected chi connectivity index (χ3v) is 6.41. The van der Waals surface area contributed by atoms with Gasteiger partial charge < -0.3 is 0 Å². The Labute approximate surface area is 154 Å². The number of halogens is 2. The largest absolute Gasteiger partial charge is 0.294 e. The van der Waals surface area contributed by atoms with Crippen molar-refractivity contribution in [2.24, 2.45) is 23.7 Å². The average Bonchev–Trinajstić information content (AvgIpc) is 2.60. The minimum atomic E-state index is -0.969. The van der Waals surface area contributed by atoms with Crippen LogP contribution < -0.4 is 0 Å². The van der Waals surface area contributed by atoms with Gasteiger partial charge in [0.1, 0.15) is 0 Å². The number of hydrogen-bond acceptors (Lipinski definition) is 1. The molecule has 0 spiro atoms. The molecule has 0 N–H and O–H groups in total. The second-order valence-electron chi connectivity index (χ2n) is 8.05. The quantitative estimate of drug-likeness (QED) is 0.524. The van der Waals surface area contributed by atoms with E-state index in [1.165, 1.54) is 44.7 Å². The van der Waals surface area contributed by atoms with Crippen LogP contribution in [-0.4, -0.2) is 5.78 Å². The second kappa shape index (κ2) is 8.42. The van der Waals surface area contributed by atoms with E-state index in [-0.39, 0.29) is 33.1 Å². The van der Waals surface area contributed by atoms with Gasteiger partial charge in [-0.2, -0.15) is 0 Å². The molecule has 0 heterocycles. The molecule has 1 nitrogen and oxygen atoms in total. The van der Waals surface area contributed by atoms with Crippen molar-refractivity contribution in [1.29, 1.82) is 0 Å². The number of rotatable bonds is 3. The molecule has 0 amide bonds. The van der Waals surface area contributed by atoms with Crippen molar-refractivity contribution in [2.45, 2.75) is 72.6 Å². The second-order valence-corrected chi connectivity index (χ2v) is 8.05. The van der Waals surface area contributed by atoms with Crippen molar-refractivity contribution >= 4 is 5.78 Å². The standard InChI is InChI=1S/C21H28F2O.CH4.2H2/c1-13-3-6-15(7-4-13)16-8-10-17(11-9-16)21(24)18-12-5-14(2)19(22)20(18)23;;;/h5,12-13,15-17H,3-4,6-11H2,1-2H3;1H4;2*1H. The molecule has 25 heavy (non-hydrogen) atoms. The third kappa shape index (κ3) is 4.30. The van der Waals surface area contributed by atoms with Gasteiger partial charge in [-0.05, 0) is 74.8 Å². The van der Waals surface area contributed by atoms with Crippen molar-refractivity contribution < 1.29 is 16.4 Å². The summed E-state index contributed by atoms with van der Waals surface area (Å²) in [5.74, 6) is 0.197. The molecule has 0 aromatic heterocycles. The Hall–Kier alpha value is -1.25. The fourth-order valence-corrected chi connectivity index (χ4v) is 4.67. The van der Waals surface area contributed by atoms with Gasteiger partial charge in [-0.25, -0.2) is 8.78 Å². The molecule has 3 rings (SSSR count). The Bertz CT molecular complexity index is 605. The highest BCUT2D eigenvalue weighted by molar-refractivity contribution is 5.98. The lowest BCUT2D eigenvalue weighted by Crippen LogP contribution is -2.28. The van der Waals surface area contributed by atoms with Crippen LogP contribution in [-0.2, 0) is 0 Å². The van der Waals surface area contributed by atoms with E-state index in [4.69, 9.17) is 0 Å². The van der Waals surface area contributed by atoms with Gasteiger partial charge in [0.15, 0.2) is 17.4 Å². The van der Waals surface area contributed by atoms with Crippen LogP contribution in [0.1, 0.15) is 84.5 Å². The first-order valence-electron chi connectivity index (χ1n) is 9.46. The first kappa shape index (κ1) is 20.1. The van der Waals surface area contributed by atoms with Crippen molar-refractivity contribution in [2.75, 3.05) is 0 Å². The highest BCUT2D eigenvalue weighted by atomic mass is 19.2. The predicted molar refractivity (Wildman–Crippen MR) is 103 cm³/mol. The lowest BCUT2D eigenvalue weighted by molar-refractivity contribution is 0.0827. The molecule has 0 bridgehead atoms. The van der Waals surface area contributed by atoms with Gasteiger partial charge in [0, 0.05) is 8.77 Å². The number of hydrogen-bond donors (Lipinski definition) is 0. The summed E-state index contributed by atoms with van der Waals surface area (Å²) in [7, 11) is 0. The van der Waals surface area contributed by atoms with Crippen LogP contribution in [0.2, 0.25) is 0 Å². The summed E-state index contributed by atoms with van der Waals surface area (Å²) >= 11 is 0. The summed E-state index contributed by atoms with van der Waals surface area (Å²) in [4.78, 5) is 12.6. The maximum absolute atomic E-state index is 14.1. The monoisotopic (exact) mass is 354 g/mol. The van der Waals surface area contributed by atoms with Crippen LogP contribution in [0, 0.1) is 42.2 Å². The molecule has 0 saturated heterocycles. The molecular formula is C22H36F2O. The summed E-state index contributed by atoms with van der Waals surface area (Å²) in [5.41, 5.74) is 0.187. The predicted octanol–water partition coefficient (Wildman–Crippen LogP) is 7.22. The molecule has 0 aliphatic heterocycles. The number of carbonyl (C=O) groups is 1. The lowest BCUT2D eigenvalue weighted by Gasteiger charge is -2.37. The van der Waals surface area contributed by atoms with Gasteiger partial charge in [-0.15, -0.1) is 0 Å². The van der Waals surface area contributed by atoms with Crippen molar-refractivity contribution in [3.63, 3.8) is 0 Å². The van der Waals surface area contributed by atoms with Gasteiger partial charge in [0.2, 0.25) is 0 Å². The van der Waals surface area contributed by atoms with E-state index in [9.17, 15) is 13.6 Å². The lowest BCUT2D eigenvalue weighted by atomic mass is 9.68. The van der Waals surface area contributed by atoms with E-state index < -0.39 is 11.6 Å². The van der Waals surface area contributed by atoms with E-state index in [2.05, 4.69) is 6.92 Å². The van der Waals surface area contributed by atoms with Crippen LogP contribution in [0.25, 0.3) is 0 Å². The molecule has 3 heteroatoms. The van der Waals surface area contributed by atoms with Crippen LogP contribution >= 0.6 is 0 Å². The van der Waals surface area contributed by atoms with E-state index in [1.54, 1.807) is 0 Å². The molecule has 0 unspecified atom stereocenters. The molecule has 2 fully saturated rings. The number of carbonyl (C=O) groups excluding carboxylic acids is 1. The summed E-state index contributed by atoms with van der Waals surface area (Å²) in [6, 6.07) is 2.95. The van der Waals surface area contributed by atoms with E-state index in [1.807, 2.05) is 0 Å². The molecule has 2 aliphatic carbocycles. The van der Waals surface area contributed by atoms with Crippen molar-refractivity contribution in [3.8, 4) is 0 Å². The molecule has 2 aliphatic rings. The van der Waals surface area contributed by atoms with Gasteiger partial charge in [0.05, 0.1) is 5.56 Å². The average molecular weight is 355 g/mol. The van der Waals surface area contributed by atoms with E-state index in [0.29, 0.717) is 0 Å². The molecule has 1 aromatic carbocycles. The summed E-state index contributed by atoms with van der Waals surface area (Å²) in [6.45, 7) is 3.85. The van der Waals surface area contributed by atoms with Gasteiger partial charge >= 0.3 is 0 Å². The topological polar surface area (TPSA) is 17.1 Å².